The standard InChI is InChI=1S/C12H12O3/c1-12(2,3)8-6-4-5-7-9(13)11(14)15-10(7)8/h4-6H,1-3H3. The topological polar surface area (TPSA) is 43.4 Å². The van der Waals surface area contributed by atoms with Crippen LogP contribution in [0.4, 0.5) is 0 Å². The smallest absolute Gasteiger partial charge is 0.385 e. The molecule has 0 N–H and O–H groups in total. The van der Waals surface area contributed by atoms with Crippen molar-refractivity contribution in [3.05, 3.63) is 29.3 Å². The summed E-state index contributed by atoms with van der Waals surface area (Å²) in [4.78, 5) is 22.5. The van der Waals surface area contributed by atoms with Crippen LogP contribution in [-0.2, 0) is 10.2 Å². The van der Waals surface area contributed by atoms with Crippen molar-refractivity contribution in [1.29, 1.82) is 0 Å². The van der Waals surface area contributed by atoms with E-state index >= 15 is 0 Å². The molecule has 3 heteroatoms. The molecule has 2 rings (SSSR count). The number of carbonyl (C=O) groups excluding carboxylic acids is 2. The van der Waals surface area contributed by atoms with Crippen molar-refractivity contribution in [3.8, 4) is 5.75 Å². The second-order valence-electron chi connectivity index (χ2n) is 4.65. The van der Waals surface area contributed by atoms with E-state index in [0.29, 0.717) is 11.3 Å². The molecule has 0 saturated heterocycles. The van der Waals surface area contributed by atoms with Crippen LogP contribution in [0.3, 0.4) is 0 Å². The number of fused-ring (bicyclic) bond motifs is 1. The molecule has 1 heterocycles. The number of rotatable bonds is 0. The molecule has 0 spiro atoms. The summed E-state index contributed by atoms with van der Waals surface area (Å²) in [5.74, 6) is -0.891. The second kappa shape index (κ2) is 2.92. The summed E-state index contributed by atoms with van der Waals surface area (Å²) in [6.07, 6.45) is 0. The van der Waals surface area contributed by atoms with E-state index in [1.807, 2.05) is 26.8 Å². The zero-order chi connectivity index (χ0) is 11.2. The number of Topliss-reactive ketones (excluding diaryl/α,β-unsaturated/α-hetero) is 1. The minimum atomic E-state index is -0.776. The largest absolute Gasteiger partial charge is 0.419 e. The lowest BCUT2D eigenvalue weighted by atomic mass is 9.85. The molecule has 1 aliphatic heterocycles. The van der Waals surface area contributed by atoms with Gasteiger partial charge in [-0.15, -0.1) is 0 Å². The van der Waals surface area contributed by atoms with Gasteiger partial charge in [0.05, 0.1) is 5.56 Å². The van der Waals surface area contributed by atoms with Crippen LogP contribution in [-0.4, -0.2) is 11.8 Å². The Hall–Kier alpha value is -1.64. The Bertz CT molecular complexity index is 452. The van der Waals surface area contributed by atoms with Crippen LogP contribution in [0, 0.1) is 0 Å². The Kier molecular flexibility index (Phi) is 1.93. The van der Waals surface area contributed by atoms with E-state index in [-0.39, 0.29) is 5.41 Å². The number of carbonyl (C=O) groups is 2. The first-order valence-electron chi connectivity index (χ1n) is 4.81. The quantitative estimate of drug-likeness (QED) is 0.369. The molecule has 0 aliphatic carbocycles. The molecule has 0 unspecified atom stereocenters. The van der Waals surface area contributed by atoms with E-state index in [2.05, 4.69) is 0 Å². The van der Waals surface area contributed by atoms with Crippen LogP contribution in [0.5, 0.6) is 5.75 Å². The summed E-state index contributed by atoms with van der Waals surface area (Å²) in [6.45, 7) is 6.04. The minimum Gasteiger partial charge on any atom is -0.419 e. The van der Waals surface area contributed by atoms with Crippen LogP contribution in [0.15, 0.2) is 18.2 Å². The van der Waals surface area contributed by atoms with Gasteiger partial charge in [0.15, 0.2) is 0 Å². The Balaban J connectivity index is 2.65. The number of benzene rings is 1. The molecule has 0 fully saturated rings. The fourth-order valence-corrected chi connectivity index (χ4v) is 1.67. The maximum atomic E-state index is 11.4. The monoisotopic (exact) mass is 204 g/mol. The third-order valence-corrected chi connectivity index (χ3v) is 2.45. The van der Waals surface area contributed by atoms with E-state index in [4.69, 9.17) is 4.74 Å². The van der Waals surface area contributed by atoms with Crippen molar-refractivity contribution in [2.75, 3.05) is 0 Å². The van der Waals surface area contributed by atoms with Crippen molar-refractivity contribution in [2.45, 2.75) is 26.2 Å². The third-order valence-electron chi connectivity index (χ3n) is 2.45. The van der Waals surface area contributed by atoms with Crippen LogP contribution < -0.4 is 4.74 Å². The second-order valence-corrected chi connectivity index (χ2v) is 4.65. The van der Waals surface area contributed by atoms with Gasteiger partial charge in [0.1, 0.15) is 5.75 Å². The number of ether oxygens (including phenoxy) is 1. The lowest BCUT2D eigenvalue weighted by Crippen LogP contribution is -2.13. The molecule has 0 bridgehead atoms. The summed E-state index contributed by atoms with van der Waals surface area (Å²) >= 11 is 0. The Morgan fingerprint density at radius 3 is 2.40 bits per heavy atom. The lowest BCUT2D eigenvalue weighted by molar-refractivity contribution is -0.128. The van der Waals surface area contributed by atoms with Crippen molar-refractivity contribution in [1.82, 2.24) is 0 Å². The van der Waals surface area contributed by atoms with Gasteiger partial charge in [0, 0.05) is 5.56 Å². The number of para-hydroxylation sites is 1. The van der Waals surface area contributed by atoms with Crippen LogP contribution in [0.25, 0.3) is 0 Å². The first-order valence-corrected chi connectivity index (χ1v) is 4.81. The molecule has 0 aromatic heterocycles. The van der Waals surface area contributed by atoms with Crippen molar-refractivity contribution >= 4 is 11.8 Å². The molecule has 0 saturated carbocycles. The summed E-state index contributed by atoms with van der Waals surface area (Å²) in [7, 11) is 0. The molecule has 1 aliphatic rings. The van der Waals surface area contributed by atoms with Crippen LogP contribution in [0.2, 0.25) is 0 Å². The van der Waals surface area contributed by atoms with E-state index in [1.54, 1.807) is 12.1 Å². The van der Waals surface area contributed by atoms with Gasteiger partial charge in [0.25, 0.3) is 5.78 Å². The molecular formula is C12H12O3. The fraction of sp³-hybridized carbons (Fsp3) is 0.333. The highest BCUT2D eigenvalue weighted by molar-refractivity contribution is 6.44. The summed E-state index contributed by atoms with van der Waals surface area (Å²) < 4.78 is 4.99. The zero-order valence-electron chi connectivity index (χ0n) is 8.96. The van der Waals surface area contributed by atoms with Gasteiger partial charge in [-0.1, -0.05) is 32.9 Å². The highest BCUT2D eigenvalue weighted by Crippen LogP contribution is 2.37. The third kappa shape index (κ3) is 1.44. The van der Waals surface area contributed by atoms with Gasteiger partial charge in [-0.2, -0.15) is 0 Å². The predicted octanol–water partition coefficient (Wildman–Crippen LogP) is 2.09. The molecule has 1 aromatic rings. The maximum absolute atomic E-state index is 11.4. The van der Waals surface area contributed by atoms with E-state index in [1.165, 1.54) is 0 Å². The van der Waals surface area contributed by atoms with Gasteiger partial charge < -0.3 is 4.74 Å². The van der Waals surface area contributed by atoms with Crippen LogP contribution in [0.1, 0.15) is 36.7 Å². The first kappa shape index (κ1) is 9.90. The van der Waals surface area contributed by atoms with Crippen molar-refractivity contribution < 1.29 is 14.3 Å². The highest BCUT2D eigenvalue weighted by atomic mass is 16.5. The molecule has 0 atom stereocenters. The number of hydrogen-bond donors (Lipinski definition) is 0. The molecular weight excluding hydrogens is 192 g/mol. The average Bonchev–Trinajstić information content (AvgIpc) is 2.41. The fourth-order valence-electron chi connectivity index (χ4n) is 1.67. The van der Waals surface area contributed by atoms with Crippen LogP contribution >= 0.6 is 0 Å². The maximum Gasteiger partial charge on any atom is 0.385 e. The summed E-state index contributed by atoms with van der Waals surface area (Å²) in [5.41, 5.74) is 1.13. The first-order chi connectivity index (χ1) is 6.91. The molecule has 15 heavy (non-hydrogen) atoms. The Labute approximate surface area is 88.1 Å². The molecule has 1 aromatic carbocycles. The zero-order valence-corrected chi connectivity index (χ0v) is 8.96. The van der Waals surface area contributed by atoms with Crippen molar-refractivity contribution in [2.24, 2.45) is 0 Å². The molecule has 0 radical (unpaired) electrons. The lowest BCUT2D eigenvalue weighted by Gasteiger charge is -2.20. The predicted molar refractivity (Wildman–Crippen MR) is 55.1 cm³/mol. The minimum absolute atomic E-state index is 0.143. The van der Waals surface area contributed by atoms with Gasteiger partial charge in [-0.05, 0) is 11.5 Å². The Morgan fingerprint density at radius 2 is 1.80 bits per heavy atom. The number of esters is 1. The highest BCUT2D eigenvalue weighted by Gasteiger charge is 2.35. The van der Waals surface area contributed by atoms with Gasteiger partial charge >= 0.3 is 5.97 Å². The number of ketones is 1. The Morgan fingerprint density at radius 1 is 1.13 bits per heavy atom. The van der Waals surface area contributed by atoms with Crippen molar-refractivity contribution in [3.63, 3.8) is 0 Å². The SMILES string of the molecule is CC(C)(C)c1cccc2c1OC(=O)C2=O. The van der Waals surface area contributed by atoms with Gasteiger partial charge in [0.2, 0.25) is 0 Å². The summed E-state index contributed by atoms with van der Waals surface area (Å²) in [5, 5.41) is 0. The van der Waals surface area contributed by atoms with Gasteiger partial charge in [-0.3, -0.25) is 4.79 Å². The molecule has 78 valence electrons. The summed E-state index contributed by atoms with van der Waals surface area (Å²) in [6, 6.07) is 5.28. The average molecular weight is 204 g/mol. The van der Waals surface area contributed by atoms with E-state index in [9.17, 15) is 9.59 Å². The normalized spacial score (nSPS) is 15.1. The molecule has 3 nitrogen and oxygen atoms in total. The molecule has 0 amide bonds. The van der Waals surface area contributed by atoms with E-state index in [0.717, 1.165) is 5.56 Å². The van der Waals surface area contributed by atoms with E-state index < -0.39 is 11.8 Å². The van der Waals surface area contributed by atoms with Gasteiger partial charge in [-0.25, -0.2) is 4.79 Å². The number of hydrogen-bond acceptors (Lipinski definition) is 3.